The van der Waals surface area contributed by atoms with Crippen molar-refractivity contribution in [3.8, 4) is 0 Å². The molecule has 5 nitrogen and oxygen atoms in total. The third kappa shape index (κ3) is 4.63. The lowest BCUT2D eigenvalue weighted by atomic mass is 10.1. The van der Waals surface area contributed by atoms with E-state index in [-0.39, 0.29) is 12.5 Å². The molecule has 1 amide bonds. The van der Waals surface area contributed by atoms with Gasteiger partial charge in [0, 0.05) is 11.8 Å². The summed E-state index contributed by atoms with van der Waals surface area (Å²) >= 11 is 0. The van der Waals surface area contributed by atoms with Crippen LogP contribution in [0.3, 0.4) is 0 Å². The van der Waals surface area contributed by atoms with Gasteiger partial charge in [-0.25, -0.2) is 4.79 Å². The number of esters is 1. The first-order valence-electron chi connectivity index (χ1n) is 6.95. The molecule has 0 unspecified atom stereocenters. The number of para-hydroxylation sites is 1. The Morgan fingerprint density at radius 2 is 2.05 bits per heavy atom. The molecule has 1 aromatic carbocycles. The van der Waals surface area contributed by atoms with Crippen LogP contribution in [0.25, 0.3) is 6.08 Å². The van der Waals surface area contributed by atoms with Crippen molar-refractivity contribution in [2.24, 2.45) is 0 Å². The molecule has 22 heavy (non-hydrogen) atoms. The molecule has 0 saturated heterocycles. The first kappa shape index (κ1) is 15.6. The largest absolute Gasteiger partial charge is 0.465 e. The molecule has 0 aliphatic carbocycles. The summed E-state index contributed by atoms with van der Waals surface area (Å²) in [4.78, 5) is 23.3. The highest BCUT2D eigenvalue weighted by molar-refractivity contribution is 5.95. The summed E-state index contributed by atoms with van der Waals surface area (Å²) < 4.78 is 9.91. The van der Waals surface area contributed by atoms with Crippen molar-refractivity contribution in [2.75, 3.05) is 11.9 Å². The van der Waals surface area contributed by atoms with Crippen molar-refractivity contribution in [3.63, 3.8) is 0 Å². The van der Waals surface area contributed by atoms with Crippen molar-refractivity contribution >= 4 is 23.6 Å². The lowest BCUT2D eigenvalue weighted by Crippen LogP contribution is -2.20. The van der Waals surface area contributed by atoms with Gasteiger partial charge < -0.3 is 14.5 Å². The van der Waals surface area contributed by atoms with E-state index >= 15 is 0 Å². The van der Waals surface area contributed by atoms with Gasteiger partial charge in [0.05, 0.1) is 6.26 Å². The van der Waals surface area contributed by atoms with E-state index in [0.717, 1.165) is 17.7 Å². The molecule has 5 heteroatoms. The topological polar surface area (TPSA) is 68.5 Å². The van der Waals surface area contributed by atoms with Gasteiger partial charge in [0.15, 0.2) is 6.61 Å². The molecule has 1 N–H and O–H groups in total. The van der Waals surface area contributed by atoms with Gasteiger partial charge >= 0.3 is 5.97 Å². The molecule has 2 rings (SSSR count). The average molecular weight is 299 g/mol. The van der Waals surface area contributed by atoms with Crippen LogP contribution < -0.4 is 5.32 Å². The first-order chi connectivity index (χ1) is 10.7. The number of hydrogen-bond acceptors (Lipinski definition) is 4. The molecular formula is C17H17NO4. The monoisotopic (exact) mass is 299 g/mol. The molecule has 114 valence electrons. The predicted molar refractivity (Wildman–Crippen MR) is 83.2 cm³/mol. The van der Waals surface area contributed by atoms with Gasteiger partial charge in [0.25, 0.3) is 5.91 Å². The zero-order valence-corrected chi connectivity index (χ0v) is 12.2. The summed E-state index contributed by atoms with van der Waals surface area (Å²) in [5.74, 6) is -0.436. The highest BCUT2D eigenvalue weighted by atomic mass is 16.5. The standard InChI is InChI=1S/C17H17NO4/c1-2-13-6-3-4-8-15(13)18-16(19)12-22-17(20)10-9-14-7-5-11-21-14/h3-11H,2,12H2,1H3,(H,18,19)/b10-9+. The molecular weight excluding hydrogens is 282 g/mol. The fraction of sp³-hybridized carbons (Fsp3) is 0.176. The highest BCUT2D eigenvalue weighted by Crippen LogP contribution is 2.15. The van der Waals surface area contributed by atoms with Crippen LogP contribution in [0.4, 0.5) is 5.69 Å². The molecule has 0 saturated carbocycles. The van der Waals surface area contributed by atoms with Gasteiger partial charge in [-0.3, -0.25) is 4.79 Å². The molecule has 0 aliphatic rings. The van der Waals surface area contributed by atoms with Crippen LogP contribution in [0.5, 0.6) is 0 Å². The second kappa shape index (κ2) is 7.83. The molecule has 0 aliphatic heterocycles. The van der Waals surface area contributed by atoms with Crippen LogP contribution in [-0.2, 0) is 20.7 Å². The summed E-state index contributed by atoms with van der Waals surface area (Å²) in [6, 6.07) is 10.9. The Balaban J connectivity index is 1.81. The lowest BCUT2D eigenvalue weighted by molar-refractivity contribution is -0.142. The van der Waals surface area contributed by atoms with Crippen molar-refractivity contribution < 1.29 is 18.7 Å². The normalized spacial score (nSPS) is 10.6. The minimum absolute atomic E-state index is 0.334. The maximum atomic E-state index is 11.8. The molecule has 2 aromatic rings. The highest BCUT2D eigenvalue weighted by Gasteiger charge is 2.07. The summed E-state index contributed by atoms with van der Waals surface area (Å²) in [5.41, 5.74) is 1.76. The van der Waals surface area contributed by atoms with Crippen molar-refractivity contribution in [1.82, 2.24) is 0 Å². The summed E-state index contributed by atoms with van der Waals surface area (Å²) in [5, 5.41) is 2.73. The maximum absolute atomic E-state index is 11.8. The van der Waals surface area contributed by atoms with E-state index in [1.165, 1.54) is 18.4 Å². The second-order valence-corrected chi connectivity index (χ2v) is 4.52. The van der Waals surface area contributed by atoms with E-state index in [4.69, 9.17) is 9.15 Å². The maximum Gasteiger partial charge on any atom is 0.331 e. The van der Waals surface area contributed by atoms with Crippen molar-refractivity contribution in [1.29, 1.82) is 0 Å². The molecule has 1 aromatic heterocycles. The van der Waals surface area contributed by atoms with Crippen LogP contribution in [0, 0.1) is 0 Å². The van der Waals surface area contributed by atoms with Crippen molar-refractivity contribution in [2.45, 2.75) is 13.3 Å². The number of amides is 1. The summed E-state index contributed by atoms with van der Waals surface area (Å²) in [6.07, 6.45) is 5.00. The van der Waals surface area contributed by atoms with Crippen LogP contribution in [0.15, 0.2) is 53.2 Å². The van der Waals surface area contributed by atoms with Gasteiger partial charge in [-0.05, 0) is 36.3 Å². The Kier molecular flexibility index (Phi) is 5.54. The van der Waals surface area contributed by atoms with Gasteiger partial charge in [0.2, 0.25) is 0 Å². The van der Waals surface area contributed by atoms with Gasteiger partial charge in [-0.1, -0.05) is 25.1 Å². The van der Waals surface area contributed by atoms with Gasteiger partial charge in [-0.15, -0.1) is 0 Å². The summed E-state index contributed by atoms with van der Waals surface area (Å²) in [7, 11) is 0. The smallest absolute Gasteiger partial charge is 0.331 e. The minimum atomic E-state index is -0.602. The zero-order valence-electron chi connectivity index (χ0n) is 12.2. The number of anilines is 1. The lowest BCUT2D eigenvalue weighted by Gasteiger charge is -2.09. The van der Waals surface area contributed by atoms with Crippen LogP contribution in [0.2, 0.25) is 0 Å². The van der Waals surface area contributed by atoms with Crippen LogP contribution in [0.1, 0.15) is 18.2 Å². The summed E-state index contributed by atoms with van der Waals surface area (Å²) in [6.45, 7) is 1.67. The Labute approximate surface area is 128 Å². The molecule has 0 fully saturated rings. The minimum Gasteiger partial charge on any atom is -0.465 e. The molecule has 0 radical (unpaired) electrons. The Bertz CT molecular complexity index is 659. The fourth-order valence-electron chi connectivity index (χ4n) is 1.86. The van der Waals surface area contributed by atoms with E-state index in [2.05, 4.69) is 5.32 Å². The zero-order chi connectivity index (χ0) is 15.8. The number of carbonyl (C=O) groups is 2. The van der Waals surface area contributed by atoms with Gasteiger partial charge in [0.1, 0.15) is 5.76 Å². The van der Waals surface area contributed by atoms with Crippen LogP contribution >= 0.6 is 0 Å². The number of aryl methyl sites for hydroxylation is 1. The fourth-order valence-corrected chi connectivity index (χ4v) is 1.86. The Morgan fingerprint density at radius 3 is 2.77 bits per heavy atom. The molecule has 0 bridgehead atoms. The van der Waals surface area contributed by atoms with E-state index in [1.54, 1.807) is 12.1 Å². The van der Waals surface area contributed by atoms with Gasteiger partial charge in [-0.2, -0.15) is 0 Å². The SMILES string of the molecule is CCc1ccccc1NC(=O)COC(=O)/C=C/c1ccco1. The molecule has 0 atom stereocenters. The Morgan fingerprint density at radius 1 is 1.23 bits per heavy atom. The number of carbonyl (C=O) groups excluding carboxylic acids is 2. The predicted octanol–water partition coefficient (Wildman–Crippen LogP) is 3.04. The number of nitrogens with one attached hydrogen (secondary N) is 1. The number of hydrogen-bond donors (Lipinski definition) is 1. The van der Waals surface area contributed by atoms with Crippen molar-refractivity contribution in [3.05, 3.63) is 60.1 Å². The third-order valence-electron chi connectivity index (χ3n) is 2.94. The number of rotatable bonds is 6. The third-order valence-corrected chi connectivity index (χ3v) is 2.94. The number of benzene rings is 1. The molecule has 0 spiro atoms. The quantitative estimate of drug-likeness (QED) is 0.657. The number of ether oxygens (including phenoxy) is 1. The Hall–Kier alpha value is -2.82. The van der Waals surface area contributed by atoms with E-state index in [1.807, 2.05) is 31.2 Å². The van der Waals surface area contributed by atoms with E-state index in [9.17, 15) is 9.59 Å². The molecule has 1 heterocycles. The van der Waals surface area contributed by atoms with E-state index in [0.29, 0.717) is 5.76 Å². The first-order valence-corrected chi connectivity index (χ1v) is 6.95. The average Bonchev–Trinajstić information content (AvgIpc) is 3.05. The van der Waals surface area contributed by atoms with E-state index < -0.39 is 5.97 Å². The second-order valence-electron chi connectivity index (χ2n) is 4.52. The van der Waals surface area contributed by atoms with Crippen LogP contribution in [-0.4, -0.2) is 18.5 Å². The number of furan rings is 1.